The van der Waals surface area contributed by atoms with Crippen LogP contribution in [-0.2, 0) is 0 Å². The first kappa shape index (κ1) is 22.6. The van der Waals surface area contributed by atoms with Gasteiger partial charge in [0, 0.05) is 5.56 Å². The van der Waals surface area contributed by atoms with Gasteiger partial charge >= 0.3 is 5.97 Å². The number of aromatic carboxylic acids is 1. The van der Waals surface area contributed by atoms with Gasteiger partial charge < -0.3 is 22.0 Å². The van der Waals surface area contributed by atoms with Crippen LogP contribution >= 0.6 is 0 Å². The Morgan fingerprint density at radius 1 is 1.00 bits per heavy atom. The summed E-state index contributed by atoms with van der Waals surface area (Å²) < 4.78 is 0.882. The second kappa shape index (κ2) is 10.5. The standard InChI is InChI=1S/C12H18N.C9H8O2.ClH/c1-5-12(13(2,3)4)11-9-7-6-8-10-11;1-2-7-3-5-8(6-4-7)9(10)11;/h5-10,12H,1H2,2-4H3;2-6H,1H2,(H,10,11);1H/q+1;;/p-1. The summed E-state index contributed by atoms with van der Waals surface area (Å²) >= 11 is 0. The van der Waals surface area contributed by atoms with Gasteiger partial charge in [-0.3, -0.25) is 0 Å². The fraction of sp³-hybridized carbons (Fsp3) is 0.190. The molecule has 2 rings (SSSR count). The van der Waals surface area contributed by atoms with Crippen LogP contribution in [0.4, 0.5) is 0 Å². The van der Waals surface area contributed by atoms with Crippen LogP contribution in [0, 0.1) is 0 Å². The Morgan fingerprint density at radius 3 is 1.88 bits per heavy atom. The number of likely N-dealkylation sites (N-methyl/N-ethyl adjacent to an activating group) is 1. The summed E-state index contributed by atoms with van der Waals surface area (Å²) in [5, 5.41) is 8.52. The van der Waals surface area contributed by atoms with Gasteiger partial charge in [0.2, 0.25) is 0 Å². The minimum Gasteiger partial charge on any atom is -1.00 e. The molecule has 0 amide bonds. The van der Waals surface area contributed by atoms with Gasteiger partial charge in [0.15, 0.2) is 0 Å². The zero-order valence-electron chi connectivity index (χ0n) is 15.0. The van der Waals surface area contributed by atoms with Gasteiger partial charge in [-0.25, -0.2) is 4.79 Å². The lowest BCUT2D eigenvalue weighted by Crippen LogP contribution is -3.00. The lowest BCUT2D eigenvalue weighted by Gasteiger charge is -2.32. The van der Waals surface area contributed by atoms with E-state index in [2.05, 4.69) is 58.6 Å². The number of halogens is 1. The number of nitrogens with zero attached hydrogens (tertiary/aromatic N) is 1. The van der Waals surface area contributed by atoms with Crippen LogP contribution in [0.25, 0.3) is 6.08 Å². The highest BCUT2D eigenvalue weighted by Gasteiger charge is 2.21. The Hall–Kier alpha value is -2.36. The Morgan fingerprint density at radius 2 is 1.52 bits per heavy atom. The van der Waals surface area contributed by atoms with Crippen molar-refractivity contribution in [2.24, 2.45) is 0 Å². The second-order valence-electron chi connectivity index (χ2n) is 6.34. The molecule has 0 radical (unpaired) electrons. The SMILES string of the molecule is C=CC(c1ccccc1)[N+](C)(C)C.C=Cc1ccc(C(=O)O)cc1.[Cl-]. The van der Waals surface area contributed by atoms with E-state index in [1.54, 1.807) is 30.3 Å². The van der Waals surface area contributed by atoms with Crippen LogP contribution in [-0.4, -0.2) is 36.7 Å². The summed E-state index contributed by atoms with van der Waals surface area (Å²) in [5.41, 5.74) is 2.55. The van der Waals surface area contributed by atoms with Gasteiger partial charge in [-0.15, -0.1) is 0 Å². The summed E-state index contributed by atoms with van der Waals surface area (Å²) in [6.45, 7) is 7.45. The number of carboxylic acids is 1. The number of hydrogen-bond acceptors (Lipinski definition) is 1. The maximum Gasteiger partial charge on any atom is 0.335 e. The first-order chi connectivity index (χ1) is 11.3. The quantitative estimate of drug-likeness (QED) is 0.651. The monoisotopic (exact) mass is 359 g/mol. The average molecular weight is 360 g/mol. The van der Waals surface area contributed by atoms with Crippen LogP contribution in [0.15, 0.2) is 73.8 Å². The van der Waals surface area contributed by atoms with Crippen molar-refractivity contribution in [1.82, 2.24) is 0 Å². The first-order valence-electron chi connectivity index (χ1n) is 7.74. The third-order valence-electron chi connectivity index (χ3n) is 3.59. The molecule has 0 aromatic heterocycles. The summed E-state index contributed by atoms with van der Waals surface area (Å²) in [7, 11) is 6.54. The number of rotatable bonds is 5. The molecule has 2 aromatic carbocycles. The summed E-state index contributed by atoms with van der Waals surface area (Å²) in [4.78, 5) is 10.4. The number of carboxylic acid groups (broad SMARTS) is 1. The smallest absolute Gasteiger partial charge is 0.335 e. The van der Waals surface area contributed by atoms with Gasteiger partial charge in [0.05, 0.1) is 26.7 Å². The number of hydrogen-bond donors (Lipinski definition) is 1. The molecular weight excluding hydrogens is 334 g/mol. The third-order valence-corrected chi connectivity index (χ3v) is 3.59. The first-order valence-corrected chi connectivity index (χ1v) is 7.74. The molecule has 0 heterocycles. The van der Waals surface area contributed by atoms with Gasteiger partial charge in [-0.2, -0.15) is 0 Å². The number of carbonyl (C=O) groups is 1. The van der Waals surface area contributed by atoms with Crippen LogP contribution in [0.1, 0.15) is 27.5 Å². The highest BCUT2D eigenvalue weighted by atomic mass is 35.5. The van der Waals surface area contributed by atoms with E-state index in [0.717, 1.165) is 10.0 Å². The summed E-state index contributed by atoms with van der Waals surface area (Å²) in [6.07, 6.45) is 3.68. The van der Waals surface area contributed by atoms with E-state index in [1.165, 1.54) is 5.56 Å². The van der Waals surface area contributed by atoms with Crippen molar-refractivity contribution in [3.05, 3.63) is 90.5 Å². The molecule has 0 aliphatic rings. The molecule has 0 spiro atoms. The molecule has 1 unspecified atom stereocenters. The zero-order chi connectivity index (χ0) is 18.2. The lowest BCUT2D eigenvalue weighted by molar-refractivity contribution is -0.895. The van der Waals surface area contributed by atoms with Crippen molar-refractivity contribution < 1.29 is 26.8 Å². The van der Waals surface area contributed by atoms with Crippen molar-refractivity contribution in [2.45, 2.75) is 6.04 Å². The van der Waals surface area contributed by atoms with Gasteiger partial charge in [0.25, 0.3) is 0 Å². The van der Waals surface area contributed by atoms with E-state index in [9.17, 15) is 4.79 Å². The Bertz CT molecular complexity index is 673. The van der Waals surface area contributed by atoms with Crippen molar-refractivity contribution in [3.63, 3.8) is 0 Å². The lowest BCUT2D eigenvalue weighted by atomic mass is 10.1. The molecule has 2 aromatic rings. The molecule has 0 aliphatic carbocycles. The molecule has 25 heavy (non-hydrogen) atoms. The fourth-order valence-electron chi connectivity index (χ4n) is 2.31. The maximum atomic E-state index is 10.4. The maximum absolute atomic E-state index is 10.4. The highest BCUT2D eigenvalue weighted by Crippen LogP contribution is 2.23. The number of benzene rings is 2. The van der Waals surface area contributed by atoms with Crippen LogP contribution in [0.2, 0.25) is 0 Å². The molecule has 1 atom stereocenters. The minimum atomic E-state index is -0.902. The molecule has 0 aliphatic heterocycles. The van der Waals surface area contributed by atoms with Crippen molar-refractivity contribution >= 4 is 12.0 Å². The molecular formula is C21H26ClNO2. The molecule has 0 saturated carbocycles. The van der Waals surface area contributed by atoms with E-state index < -0.39 is 5.97 Å². The number of quaternary nitrogens is 1. The third kappa shape index (κ3) is 7.38. The Balaban J connectivity index is 0.000000449. The molecule has 0 bridgehead atoms. The summed E-state index contributed by atoms with van der Waals surface area (Å²) in [6, 6.07) is 17.4. The zero-order valence-corrected chi connectivity index (χ0v) is 15.8. The fourth-order valence-corrected chi connectivity index (χ4v) is 2.31. The van der Waals surface area contributed by atoms with E-state index in [4.69, 9.17) is 5.11 Å². The molecule has 134 valence electrons. The van der Waals surface area contributed by atoms with Crippen molar-refractivity contribution in [3.8, 4) is 0 Å². The van der Waals surface area contributed by atoms with E-state index >= 15 is 0 Å². The predicted molar refractivity (Wildman–Crippen MR) is 101 cm³/mol. The normalized spacial score (nSPS) is 11.2. The molecule has 0 fully saturated rings. The van der Waals surface area contributed by atoms with Gasteiger partial charge in [-0.05, 0) is 23.8 Å². The second-order valence-corrected chi connectivity index (χ2v) is 6.34. The van der Waals surface area contributed by atoms with Crippen molar-refractivity contribution in [1.29, 1.82) is 0 Å². The molecule has 0 saturated heterocycles. The van der Waals surface area contributed by atoms with E-state index in [0.29, 0.717) is 11.6 Å². The van der Waals surface area contributed by atoms with Crippen LogP contribution in [0.3, 0.4) is 0 Å². The highest BCUT2D eigenvalue weighted by molar-refractivity contribution is 5.87. The van der Waals surface area contributed by atoms with E-state index in [1.807, 2.05) is 12.1 Å². The largest absolute Gasteiger partial charge is 1.00 e. The van der Waals surface area contributed by atoms with E-state index in [-0.39, 0.29) is 12.4 Å². The minimum absolute atomic E-state index is 0. The average Bonchev–Trinajstić information content (AvgIpc) is 2.56. The van der Waals surface area contributed by atoms with Crippen LogP contribution < -0.4 is 12.4 Å². The molecule has 1 N–H and O–H groups in total. The van der Waals surface area contributed by atoms with Crippen molar-refractivity contribution in [2.75, 3.05) is 21.1 Å². The topological polar surface area (TPSA) is 37.3 Å². The summed E-state index contributed by atoms with van der Waals surface area (Å²) in [5.74, 6) is -0.902. The predicted octanol–water partition coefficient (Wildman–Crippen LogP) is 1.65. The Kier molecular flexibility index (Phi) is 9.50. The van der Waals surface area contributed by atoms with Crippen LogP contribution in [0.5, 0.6) is 0 Å². The van der Waals surface area contributed by atoms with Gasteiger partial charge in [-0.1, -0.05) is 61.7 Å². The molecule has 4 heteroatoms. The Labute approximate surface area is 156 Å². The van der Waals surface area contributed by atoms with Gasteiger partial charge in [0.1, 0.15) is 6.04 Å². The molecule has 3 nitrogen and oxygen atoms in total.